The summed E-state index contributed by atoms with van der Waals surface area (Å²) < 4.78 is 0. The minimum atomic E-state index is 0.576. The van der Waals surface area contributed by atoms with Crippen LogP contribution < -0.4 is 5.73 Å². The molecular formula is C10H16N4. The number of nitrogens with two attached hydrogens (primary N) is 1. The van der Waals surface area contributed by atoms with E-state index in [1.54, 1.807) is 6.07 Å². The highest BCUT2D eigenvalue weighted by Crippen LogP contribution is 2.11. The standard InChI is InChI=1S/C10H16N4/c1-8-6-9(11)13-10(12-8)7-14-4-2-3-5-14/h6H,2-5,7H2,1H3,(H2,11,12,13). The van der Waals surface area contributed by atoms with Crippen molar-refractivity contribution in [1.29, 1.82) is 0 Å². The summed E-state index contributed by atoms with van der Waals surface area (Å²) in [6, 6.07) is 1.80. The lowest BCUT2D eigenvalue weighted by molar-refractivity contribution is 0.322. The molecular weight excluding hydrogens is 176 g/mol. The molecule has 1 saturated heterocycles. The van der Waals surface area contributed by atoms with Gasteiger partial charge in [-0.3, -0.25) is 4.90 Å². The first-order chi connectivity index (χ1) is 6.74. The van der Waals surface area contributed by atoms with Crippen LogP contribution in [0.3, 0.4) is 0 Å². The quantitative estimate of drug-likeness (QED) is 0.758. The Labute approximate surface area is 84.2 Å². The average Bonchev–Trinajstić information content (AvgIpc) is 2.54. The van der Waals surface area contributed by atoms with Gasteiger partial charge in [-0.05, 0) is 32.9 Å². The van der Waals surface area contributed by atoms with Crippen molar-refractivity contribution in [3.63, 3.8) is 0 Å². The van der Waals surface area contributed by atoms with E-state index in [-0.39, 0.29) is 0 Å². The minimum Gasteiger partial charge on any atom is -0.384 e. The van der Waals surface area contributed by atoms with Gasteiger partial charge in [0.15, 0.2) is 0 Å². The largest absolute Gasteiger partial charge is 0.384 e. The molecule has 0 radical (unpaired) electrons. The molecule has 0 unspecified atom stereocenters. The molecule has 0 bridgehead atoms. The molecule has 0 spiro atoms. The topological polar surface area (TPSA) is 55.0 Å². The van der Waals surface area contributed by atoms with E-state index in [0.717, 1.165) is 31.2 Å². The van der Waals surface area contributed by atoms with Crippen LogP contribution in [0.2, 0.25) is 0 Å². The number of nitrogen functional groups attached to an aromatic ring is 1. The van der Waals surface area contributed by atoms with Gasteiger partial charge in [-0.15, -0.1) is 0 Å². The third kappa shape index (κ3) is 2.20. The zero-order chi connectivity index (χ0) is 9.97. The lowest BCUT2D eigenvalue weighted by atomic mass is 10.4. The SMILES string of the molecule is Cc1cc(N)nc(CN2CCCC2)n1. The molecule has 2 N–H and O–H groups in total. The van der Waals surface area contributed by atoms with E-state index in [1.807, 2.05) is 6.92 Å². The number of aryl methyl sites for hydroxylation is 1. The van der Waals surface area contributed by atoms with Crippen molar-refractivity contribution >= 4 is 5.82 Å². The maximum Gasteiger partial charge on any atom is 0.144 e. The van der Waals surface area contributed by atoms with Crippen LogP contribution in [0.15, 0.2) is 6.07 Å². The van der Waals surface area contributed by atoms with E-state index in [4.69, 9.17) is 5.73 Å². The molecule has 2 rings (SSSR count). The van der Waals surface area contributed by atoms with Crippen LogP contribution in [0.4, 0.5) is 5.82 Å². The van der Waals surface area contributed by atoms with Gasteiger partial charge >= 0.3 is 0 Å². The van der Waals surface area contributed by atoms with Crippen LogP contribution in [0.5, 0.6) is 0 Å². The van der Waals surface area contributed by atoms with Gasteiger partial charge in [-0.25, -0.2) is 9.97 Å². The van der Waals surface area contributed by atoms with E-state index in [0.29, 0.717) is 5.82 Å². The first kappa shape index (κ1) is 9.40. The molecule has 1 aliphatic heterocycles. The molecule has 2 heterocycles. The molecule has 0 aliphatic carbocycles. The molecule has 0 aromatic carbocycles. The van der Waals surface area contributed by atoms with Crippen molar-refractivity contribution < 1.29 is 0 Å². The number of aromatic nitrogens is 2. The number of rotatable bonds is 2. The second kappa shape index (κ2) is 3.92. The third-order valence-corrected chi connectivity index (χ3v) is 2.48. The van der Waals surface area contributed by atoms with Gasteiger partial charge in [0.2, 0.25) is 0 Å². The Morgan fingerprint density at radius 3 is 2.71 bits per heavy atom. The molecule has 4 heteroatoms. The number of hydrogen-bond acceptors (Lipinski definition) is 4. The normalized spacial score (nSPS) is 17.5. The Balaban J connectivity index is 2.07. The highest BCUT2D eigenvalue weighted by molar-refractivity contribution is 5.29. The smallest absolute Gasteiger partial charge is 0.144 e. The molecule has 1 fully saturated rings. The van der Waals surface area contributed by atoms with Crippen LogP contribution in [-0.4, -0.2) is 28.0 Å². The Hall–Kier alpha value is -1.16. The summed E-state index contributed by atoms with van der Waals surface area (Å²) in [5.41, 5.74) is 6.61. The van der Waals surface area contributed by atoms with Gasteiger partial charge in [0.05, 0.1) is 6.54 Å². The summed E-state index contributed by atoms with van der Waals surface area (Å²) in [5, 5.41) is 0. The van der Waals surface area contributed by atoms with Gasteiger partial charge in [-0.2, -0.15) is 0 Å². The number of hydrogen-bond donors (Lipinski definition) is 1. The summed E-state index contributed by atoms with van der Waals surface area (Å²) in [6.07, 6.45) is 2.59. The molecule has 1 aromatic heterocycles. The molecule has 14 heavy (non-hydrogen) atoms. The lowest BCUT2D eigenvalue weighted by Gasteiger charge is -2.13. The van der Waals surface area contributed by atoms with E-state index >= 15 is 0 Å². The molecule has 1 aliphatic rings. The molecule has 1 aromatic rings. The van der Waals surface area contributed by atoms with Gasteiger partial charge < -0.3 is 5.73 Å². The van der Waals surface area contributed by atoms with Gasteiger partial charge in [0.25, 0.3) is 0 Å². The van der Waals surface area contributed by atoms with Gasteiger partial charge in [-0.1, -0.05) is 0 Å². The molecule has 0 amide bonds. The van der Waals surface area contributed by atoms with Crippen molar-refractivity contribution in [2.45, 2.75) is 26.3 Å². The highest BCUT2D eigenvalue weighted by atomic mass is 15.2. The fraction of sp³-hybridized carbons (Fsp3) is 0.600. The average molecular weight is 192 g/mol. The summed E-state index contributed by atoms with van der Waals surface area (Å²) in [6.45, 7) is 5.12. The van der Waals surface area contributed by atoms with Crippen LogP contribution in [0.1, 0.15) is 24.4 Å². The predicted octanol–water partition coefficient (Wildman–Crippen LogP) is 0.963. The summed E-state index contributed by atoms with van der Waals surface area (Å²) >= 11 is 0. The fourth-order valence-electron chi connectivity index (χ4n) is 1.87. The van der Waals surface area contributed by atoms with Crippen LogP contribution in [0, 0.1) is 6.92 Å². The number of likely N-dealkylation sites (tertiary alicyclic amines) is 1. The zero-order valence-corrected chi connectivity index (χ0v) is 8.53. The monoisotopic (exact) mass is 192 g/mol. The van der Waals surface area contributed by atoms with Crippen molar-refractivity contribution in [2.75, 3.05) is 18.8 Å². The Morgan fingerprint density at radius 1 is 1.36 bits per heavy atom. The second-order valence-corrected chi connectivity index (χ2v) is 3.83. The first-order valence-corrected chi connectivity index (χ1v) is 5.06. The Morgan fingerprint density at radius 2 is 2.07 bits per heavy atom. The lowest BCUT2D eigenvalue weighted by Crippen LogP contribution is -2.20. The van der Waals surface area contributed by atoms with Crippen molar-refractivity contribution in [1.82, 2.24) is 14.9 Å². The summed E-state index contributed by atoms with van der Waals surface area (Å²) in [4.78, 5) is 11.0. The Bertz CT molecular complexity index is 298. The van der Waals surface area contributed by atoms with E-state index < -0.39 is 0 Å². The highest BCUT2D eigenvalue weighted by Gasteiger charge is 2.13. The molecule has 4 nitrogen and oxygen atoms in total. The van der Waals surface area contributed by atoms with Crippen molar-refractivity contribution in [2.24, 2.45) is 0 Å². The molecule has 0 atom stereocenters. The number of anilines is 1. The van der Waals surface area contributed by atoms with Crippen LogP contribution in [0.25, 0.3) is 0 Å². The Kier molecular flexibility index (Phi) is 2.63. The molecule has 76 valence electrons. The second-order valence-electron chi connectivity index (χ2n) is 3.83. The number of nitrogens with zero attached hydrogens (tertiary/aromatic N) is 3. The zero-order valence-electron chi connectivity index (χ0n) is 8.53. The maximum atomic E-state index is 5.66. The third-order valence-electron chi connectivity index (χ3n) is 2.48. The maximum absolute atomic E-state index is 5.66. The van der Waals surface area contributed by atoms with Gasteiger partial charge in [0.1, 0.15) is 11.6 Å². The van der Waals surface area contributed by atoms with Crippen molar-refractivity contribution in [3.8, 4) is 0 Å². The fourth-order valence-corrected chi connectivity index (χ4v) is 1.87. The van der Waals surface area contributed by atoms with E-state index in [9.17, 15) is 0 Å². The summed E-state index contributed by atoms with van der Waals surface area (Å²) in [5.74, 6) is 1.43. The molecule has 0 saturated carbocycles. The first-order valence-electron chi connectivity index (χ1n) is 5.06. The minimum absolute atomic E-state index is 0.576. The summed E-state index contributed by atoms with van der Waals surface area (Å²) in [7, 11) is 0. The van der Waals surface area contributed by atoms with E-state index in [1.165, 1.54) is 12.8 Å². The van der Waals surface area contributed by atoms with Crippen LogP contribution >= 0.6 is 0 Å². The van der Waals surface area contributed by atoms with Crippen LogP contribution in [-0.2, 0) is 6.54 Å². The van der Waals surface area contributed by atoms with E-state index in [2.05, 4.69) is 14.9 Å². The van der Waals surface area contributed by atoms with Crippen molar-refractivity contribution in [3.05, 3.63) is 17.6 Å². The van der Waals surface area contributed by atoms with Gasteiger partial charge in [0, 0.05) is 11.8 Å². The predicted molar refractivity (Wildman–Crippen MR) is 55.7 cm³/mol.